The highest BCUT2D eigenvalue weighted by Gasteiger charge is 2.47. The van der Waals surface area contributed by atoms with Crippen molar-refractivity contribution in [2.75, 3.05) is 25.4 Å². The number of aromatic nitrogens is 3. The third kappa shape index (κ3) is 3.75. The van der Waals surface area contributed by atoms with Crippen LogP contribution >= 0.6 is 0 Å². The first-order valence-electron chi connectivity index (χ1n) is 12.5. The summed E-state index contributed by atoms with van der Waals surface area (Å²) in [6, 6.07) is 11.0. The minimum absolute atomic E-state index is 0.00381. The molecule has 4 heterocycles. The number of urea groups is 1. The molecule has 0 bridgehead atoms. The molecule has 3 aliphatic rings. The highest BCUT2D eigenvalue weighted by molar-refractivity contribution is 7.92. The SMILES string of the molecule is CCNC(=O)N1CCC2(CCn3nc(-c4cnc(N)c(-c5ccc(S(=O)(=O)C6CC6)cc5)c4)cc32)C1. The summed E-state index contributed by atoms with van der Waals surface area (Å²) < 4.78 is 27.1. The summed E-state index contributed by atoms with van der Waals surface area (Å²) in [5, 5.41) is 7.53. The number of rotatable bonds is 5. The minimum Gasteiger partial charge on any atom is -0.383 e. The van der Waals surface area contributed by atoms with Gasteiger partial charge in [0.1, 0.15) is 5.82 Å². The van der Waals surface area contributed by atoms with E-state index in [4.69, 9.17) is 10.8 Å². The molecule has 0 radical (unpaired) electrons. The fraction of sp³-hybridized carbons (Fsp3) is 0.423. The van der Waals surface area contributed by atoms with Crippen molar-refractivity contribution in [3.05, 3.63) is 48.3 Å². The maximum absolute atomic E-state index is 12.5. The molecule has 10 heteroatoms. The van der Waals surface area contributed by atoms with Crippen molar-refractivity contribution in [2.24, 2.45) is 0 Å². The van der Waals surface area contributed by atoms with Crippen molar-refractivity contribution in [1.29, 1.82) is 0 Å². The average Bonchev–Trinajstić information content (AvgIpc) is 3.39. The molecule has 36 heavy (non-hydrogen) atoms. The molecule has 2 amide bonds. The molecule has 188 valence electrons. The van der Waals surface area contributed by atoms with E-state index in [1.54, 1.807) is 30.5 Å². The number of carbonyl (C=O) groups excluding carboxylic acids is 1. The smallest absolute Gasteiger partial charge is 0.317 e. The summed E-state index contributed by atoms with van der Waals surface area (Å²) in [7, 11) is -3.24. The van der Waals surface area contributed by atoms with Crippen molar-refractivity contribution < 1.29 is 13.2 Å². The fourth-order valence-electron chi connectivity index (χ4n) is 5.57. The number of pyridine rings is 1. The number of nitrogens with one attached hydrogen (secondary N) is 1. The largest absolute Gasteiger partial charge is 0.383 e. The molecule has 1 saturated heterocycles. The first-order chi connectivity index (χ1) is 17.3. The van der Waals surface area contributed by atoms with Crippen molar-refractivity contribution >= 4 is 21.7 Å². The number of hydrogen-bond donors (Lipinski definition) is 2. The molecule has 2 aliphatic heterocycles. The van der Waals surface area contributed by atoms with Crippen LogP contribution < -0.4 is 11.1 Å². The van der Waals surface area contributed by atoms with Crippen molar-refractivity contribution in [2.45, 2.75) is 54.7 Å². The number of sulfone groups is 1. The molecule has 9 nitrogen and oxygen atoms in total. The molecule has 1 aromatic carbocycles. The molecule has 6 rings (SSSR count). The van der Waals surface area contributed by atoms with Crippen LogP contribution in [0, 0.1) is 0 Å². The van der Waals surface area contributed by atoms with E-state index in [-0.39, 0.29) is 16.7 Å². The predicted octanol–water partition coefficient (Wildman–Crippen LogP) is 3.21. The number of anilines is 1. The molecule has 1 unspecified atom stereocenters. The van der Waals surface area contributed by atoms with E-state index in [2.05, 4.69) is 21.0 Å². The van der Waals surface area contributed by atoms with Crippen molar-refractivity contribution in [3.8, 4) is 22.4 Å². The minimum atomic E-state index is -3.24. The van der Waals surface area contributed by atoms with Gasteiger partial charge in [0.15, 0.2) is 9.84 Å². The first-order valence-corrected chi connectivity index (χ1v) is 14.1. The summed E-state index contributed by atoms with van der Waals surface area (Å²) in [5.74, 6) is 0.383. The van der Waals surface area contributed by atoms with Gasteiger partial charge in [-0.2, -0.15) is 5.10 Å². The summed E-state index contributed by atoms with van der Waals surface area (Å²) in [6.45, 7) is 4.82. The van der Waals surface area contributed by atoms with Crippen LogP contribution in [0.5, 0.6) is 0 Å². The Hall–Kier alpha value is -3.40. The second-order valence-corrected chi connectivity index (χ2v) is 12.3. The van der Waals surface area contributed by atoms with Crippen molar-refractivity contribution in [3.63, 3.8) is 0 Å². The van der Waals surface area contributed by atoms with Crippen LogP contribution in [0.1, 0.15) is 38.3 Å². The lowest BCUT2D eigenvalue weighted by Gasteiger charge is -2.23. The zero-order chi connectivity index (χ0) is 25.1. The van der Waals surface area contributed by atoms with E-state index >= 15 is 0 Å². The number of nitrogen functional groups attached to an aromatic ring is 1. The number of fused-ring (bicyclic) bond motifs is 2. The van der Waals surface area contributed by atoms with E-state index in [0.29, 0.717) is 23.8 Å². The predicted molar refractivity (Wildman–Crippen MR) is 137 cm³/mol. The summed E-state index contributed by atoms with van der Waals surface area (Å²) >= 11 is 0. The molecule has 2 fully saturated rings. The van der Waals surface area contributed by atoms with Crippen LogP contribution in [0.2, 0.25) is 0 Å². The van der Waals surface area contributed by atoms with Gasteiger partial charge < -0.3 is 16.0 Å². The third-order valence-corrected chi connectivity index (χ3v) is 10.0. The van der Waals surface area contributed by atoms with Gasteiger partial charge in [0.25, 0.3) is 0 Å². The number of aryl methyl sites for hydroxylation is 1. The molecule has 1 aliphatic carbocycles. The van der Waals surface area contributed by atoms with E-state index in [9.17, 15) is 13.2 Å². The van der Waals surface area contributed by atoms with Gasteiger partial charge in [0, 0.05) is 54.6 Å². The van der Waals surface area contributed by atoms with Gasteiger partial charge in [0.05, 0.1) is 15.8 Å². The number of benzene rings is 1. The zero-order valence-electron chi connectivity index (χ0n) is 20.3. The van der Waals surface area contributed by atoms with Gasteiger partial charge in [0.2, 0.25) is 0 Å². The van der Waals surface area contributed by atoms with Crippen LogP contribution in [0.15, 0.2) is 47.5 Å². The first kappa shape index (κ1) is 23.0. The standard InChI is InChI=1S/C26H30N6O3S/c1-2-28-25(33)31-11-9-26(16-31)10-12-32-23(26)14-22(30-32)18-13-21(24(27)29-15-18)17-3-5-19(6-4-17)36(34,35)20-7-8-20/h3-6,13-15,20H,2,7-12,16H2,1H3,(H2,27,29)(H,28,33). The maximum atomic E-state index is 12.5. The Morgan fingerprint density at radius 1 is 1.14 bits per heavy atom. The number of carbonyl (C=O) groups is 1. The Bertz CT molecular complexity index is 1440. The molecule has 1 atom stereocenters. The normalized spacial score (nSPS) is 21.2. The fourth-order valence-corrected chi connectivity index (χ4v) is 7.22. The van der Waals surface area contributed by atoms with Crippen molar-refractivity contribution in [1.82, 2.24) is 25.0 Å². The van der Waals surface area contributed by atoms with Crippen LogP contribution in [0.25, 0.3) is 22.4 Å². The quantitative estimate of drug-likeness (QED) is 0.548. The highest BCUT2D eigenvalue weighted by Crippen LogP contribution is 2.44. The lowest BCUT2D eigenvalue weighted by Crippen LogP contribution is -2.40. The molecule has 3 N–H and O–H groups in total. The van der Waals surface area contributed by atoms with Gasteiger partial charge in [-0.05, 0) is 62.4 Å². The second-order valence-electron chi connectivity index (χ2n) is 10.1. The number of amides is 2. The van der Waals surface area contributed by atoms with E-state index < -0.39 is 9.84 Å². The van der Waals surface area contributed by atoms with Gasteiger partial charge in [-0.25, -0.2) is 18.2 Å². The van der Waals surface area contributed by atoms with E-state index in [0.717, 1.165) is 66.9 Å². The molecule has 1 saturated carbocycles. The third-order valence-electron chi connectivity index (χ3n) is 7.77. The topological polar surface area (TPSA) is 123 Å². The number of nitrogens with two attached hydrogens (primary N) is 1. The lowest BCUT2D eigenvalue weighted by atomic mass is 9.82. The molecular weight excluding hydrogens is 476 g/mol. The van der Waals surface area contributed by atoms with Crippen LogP contribution in [-0.2, 0) is 21.8 Å². The van der Waals surface area contributed by atoms with Gasteiger partial charge >= 0.3 is 6.03 Å². The Morgan fingerprint density at radius 2 is 1.89 bits per heavy atom. The Morgan fingerprint density at radius 3 is 2.61 bits per heavy atom. The zero-order valence-corrected chi connectivity index (χ0v) is 21.1. The van der Waals surface area contributed by atoms with E-state index in [1.165, 1.54) is 0 Å². The summed E-state index contributed by atoms with van der Waals surface area (Å²) in [5.41, 5.74) is 10.5. The summed E-state index contributed by atoms with van der Waals surface area (Å²) in [4.78, 5) is 19.1. The van der Waals surface area contributed by atoms with Crippen LogP contribution in [0.3, 0.4) is 0 Å². The highest BCUT2D eigenvalue weighted by atomic mass is 32.2. The Labute approximate surface area is 210 Å². The van der Waals surface area contributed by atoms with E-state index in [1.807, 2.05) is 17.9 Å². The number of likely N-dealkylation sites (tertiary alicyclic amines) is 1. The Kier molecular flexibility index (Phi) is 5.33. The van der Waals surface area contributed by atoms with Gasteiger partial charge in [-0.1, -0.05) is 12.1 Å². The lowest BCUT2D eigenvalue weighted by molar-refractivity contribution is 0.206. The monoisotopic (exact) mass is 506 g/mol. The van der Waals surface area contributed by atoms with Gasteiger partial charge in [-0.3, -0.25) is 4.68 Å². The average molecular weight is 507 g/mol. The summed E-state index contributed by atoms with van der Waals surface area (Å²) in [6.07, 6.45) is 5.11. The second kappa shape index (κ2) is 8.33. The molecule has 1 spiro atoms. The van der Waals surface area contributed by atoms with Crippen LogP contribution in [-0.4, -0.2) is 59.0 Å². The molecule has 2 aromatic heterocycles. The number of nitrogens with zero attached hydrogens (tertiary/aromatic N) is 4. The molecule has 3 aromatic rings. The Balaban J connectivity index is 1.28. The maximum Gasteiger partial charge on any atom is 0.317 e. The molecular formula is C26H30N6O3S. The van der Waals surface area contributed by atoms with Gasteiger partial charge in [-0.15, -0.1) is 0 Å². The van der Waals surface area contributed by atoms with Crippen LogP contribution in [0.4, 0.5) is 10.6 Å². The number of hydrogen-bond acceptors (Lipinski definition) is 6.